The molecule has 33 heavy (non-hydrogen) atoms. The fraction of sp³-hybridized carbons (Fsp3) is 0.259. The van der Waals surface area contributed by atoms with Gasteiger partial charge in [0.2, 0.25) is 0 Å². The number of hydrogen-bond acceptors (Lipinski definition) is 4. The number of fused-ring (bicyclic) bond motifs is 1. The van der Waals surface area contributed by atoms with Gasteiger partial charge in [0.25, 0.3) is 17.7 Å². The second kappa shape index (κ2) is 8.98. The maximum atomic E-state index is 13.7. The number of pyridine rings is 1. The molecule has 0 bridgehead atoms. The van der Waals surface area contributed by atoms with Crippen molar-refractivity contribution in [3.63, 3.8) is 0 Å². The zero-order valence-corrected chi connectivity index (χ0v) is 19.3. The number of anilines is 1. The number of hydrogen-bond donors (Lipinski definition) is 1. The third kappa shape index (κ3) is 4.04. The Labute approximate surface area is 193 Å². The van der Waals surface area contributed by atoms with Gasteiger partial charge in [-0.2, -0.15) is 0 Å². The predicted octanol–water partition coefficient (Wildman–Crippen LogP) is 5.06. The molecule has 1 aliphatic rings. The highest BCUT2D eigenvalue weighted by molar-refractivity contribution is 6.36. The number of carbonyl (C=O) groups is 3. The highest BCUT2D eigenvalue weighted by Crippen LogP contribution is 2.40. The van der Waals surface area contributed by atoms with Crippen molar-refractivity contribution < 1.29 is 14.4 Å². The lowest BCUT2D eigenvalue weighted by atomic mass is 9.92. The normalized spacial score (nSPS) is 13.1. The fourth-order valence-electron chi connectivity index (χ4n) is 4.23. The van der Waals surface area contributed by atoms with Gasteiger partial charge < -0.3 is 5.32 Å². The largest absolute Gasteiger partial charge is 0.348 e. The molecule has 3 aromatic rings. The van der Waals surface area contributed by atoms with E-state index in [1.807, 2.05) is 52.0 Å². The van der Waals surface area contributed by atoms with Gasteiger partial charge in [-0.1, -0.05) is 58.0 Å². The van der Waals surface area contributed by atoms with Crippen LogP contribution in [0.5, 0.6) is 0 Å². The van der Waals surface area contributed by atoms with Crippen LogP contribution in [0.15, 0.2) is 60.9 Å². The summed E-state index contributed by atoms with van der Waals surface area (Å²) in [5, 5.41) is 2.83. The first-order valence-electron chi connectivity index (χ1n) is 11.1. The third-order valence-electron chi connectivity index (χ3n) is 5.90. The van der Waals surface area contributed by atoms with Gasteiger partial charge in [-0.3, -0.25) is 19.4 Å². The van der Waals surface area contributed by atoms with Crippen molar-refractivity contribution in [3.05, 3.63) is 94.3 Å². The lowest BCUT2D eigenvalue weighted by molar-refractivity contribution is 0.0909. The van der Waals surface area contributed by atoms with Crippen LogP contribution in [0.1, 0.15) is 87.3 Å². The van der Waals surface area contributed by atoms with E-state index in [2.05, 4.69) is 10.3 Å². The van der Waals surface area contributed by atoms with Crippen molar-refractivity contribution >= 4 is 23.4 Å². The zero-order valence-electron chi connectivity index (χ0n) is 19.3. The van der Waals surface area contributed by atoms with Crippen LogP contribution in [0, 0.1) is 0 Å². The second-order valence-corrected chi connectivity index (χ2v) is 8.81. The molecule has 0 saturated heterocycles. The van der Waals surface area contributed by atoms with Gasteiger partial charge in [-0.25, -0.2) is 4.90 Å². The molecule has 0 atom stereocenters. The van der Waals surface area contributed by atoms with Crippen LogP contribution in [0.2, 0.25) is 0 Å². The molecular weight excluding hydrogens is 414 g/mol. The summed E-state index contributed by atoms with van der Waals surface area (Å²) >= 11 is 0. The molecule has 1 aromatic heterocycles. The third-order valence-corrected chi connectivity index (χ3v) is 5.90. The van der Waals surface area contributed by atoms with E-state index in [1.54, 1.807) is 36.7 Å². The summed E-state index contributed by atoms with van der Waals surface area (Å²) in [6, 6.07) is 14.4. The van der Waals surface area contributed by atoms with Crippen molar-refractivity contribution in [2.75, 3.05) is 4.90 Å². The summed E-state index contributed by atoms with van der Waals surface area (Å²) < 4.78 is 0. The number of nitrogens with one attached hydrogen (secondary N) is 1. The highest BCUT2D eigenvalue weighted by Gasteiger charge is 2.41. The lowest BCUT2D eigenvalue weighted by Crippen LogP contribution is -2.32. The molecule has 0 aliphatic carbocycles. The molecule has 1 aliphatic heterocycles. The van der Waals surface area contributed by atoms with Crippen LogP contribution in [0.4, 0.5) is 5.69 Å². The van der Waals surface area contributed by atoms with E-state index < -0.39 is 17.7 Å². The Morgan fingerprint density at radius 3 is 2.18 bits per heavy atom. The van der Waals surface area contributed by atoms with Gasteiger partial charge >= 0.3 is 0 Å². The quantitative estimate of drug-likeness (QED) is 0.543. The molecule has 0 fully saturated rings. The molecule has 2 aromatic carbocycles. The Bertz CT molecular complexity index is 1210. The summed E-state index contributed by atoms with van der Waals surface area (Å²) in [5.74, 6) is -1.03. The molecule has 6 nitrogen and oxygen atoms in total. The number of amides is 3. The molecule has 0 radical (unpaired) electrons. The topological polar surface area (TPSA) is 79.4 Å². The second-order valence-electron chi connectivity index (χ2n) is 8.81. The molecule has 1 N–H and O–H groups in total. The average Bonchev–Trinajstić information content (AvgIpc) is 3.07. The van der Waals surface area contributed by atoms with Crippen LogP contribution in [-0.4, -0.2) is 22.7 Å². The van der Waals surface area contributed by atoms with E-state index in [0.29, 0.717) is 5.69 Å². The van der Waals surface area contributed by atoms with Crippen LogP contribution in [0.3, 0.4) is 0 Å². The minimum atomic E-state index is -0.461. The monoisotopic (exact) mass is 441 g/mol. The Morgan fingerprint density at radius 2 is 1.58 bits per heavy atom. The van der Waals surface area contributed by atoms with E-state index in [-0.39, 0.29) is 35.1 Å². The summed E-state index contributed by atoms with van der Waals surface area (Å²) in [7, 11) is 0. The number of aromatic nitrogens is 1. The summed E-state index contributed by atoms with van der Waals surface area (Å²) in [6.45, 7) is 8.43. The van der Waals surface area contributed by atoms with Crippen LogP contribution in [-0.2, 0) is 6.54 Å². The summed E-state index contributed by atoms with van der Waals surface area (Å²) in [6.07, 6.45) is 3.33. The predicted molar refractivity (Wildman–Crippen MR) is 128 cm³/mol. The van der Waals surface area contributed by atoms with Crippen LogP contribution in [0.25, 0.3) is 0 Å². The Balaban J connectivity index is 1.74. The summed E-state index contributed by atoms with van der Waals surface area (Å²) in [4.78, 5) is 45.5. The molecule has 0 spiro atoms. The van der Waals surface area contributed by atoms with Gasteiger partial charge in [0, 0.05) is 18.9 Å². The molecule has 168 valence electrons. The van der Waals surface area contributed by atoms with Gasteiger partial charge in [-0.05, 0) is 46.7 Å². The smallest absolute Gasteiger partial charge is 0.266 e. The number of rotatable bonds is 6. The first-order chi connectivity index (χ1) is 15.8. The van der Waals surface area contributed by atoms with Crippen molar-refractivity contribution in [2.45, 2.75) is 46.1 Å². The maximum absolute atomic E-state index is 13.7. The minimum Gasteiger partial charge on any atom is -0.348 e. The van der Waals surface area contributed by atoms with Crippen molar-refractivity contribution in [3.8, 4) is 0 Å². The fourth-order valence-corrected chi connectivity index (χ4v) is 4.23. The summed E-state index contributed by atoms with van der Waals surface area (Å²) in [5.41, 5.74) is 3.94. The number of para-hydroxylation sites is 1. The molecule has 3 amide bonds. The minimum absolute atomic E-state index is 0.116. The molecular formula is C27H27N3O3. The van der Waals surface area contributed by atoms with Crippen molar-refractivity contribution in [1.82, 2.24) is 10.3 Å². The van der Waals surface area contributed by atoms with E-state index >= 15 is 0 Å². The molecule has 2 heterocycles. The van der Waals surface area contributed by atoms with E-state index in [4.69, 9.17) is 0 Å². The lowest BCUT2D eigenvalue weighted by Gasteiger charge is -2.25. The zero-order chi connectivity index (χ0) is 23.7. The standard InChI is InChI=1S/C27H27N3O3/c1-16(2)19-9-5-10-20(17(3)4)24(19)30-26(32)22-12-6-11-21(23(22)27(30)33)25(31)29-15-18-8-7-13-28-14-18/h5-14,16-17H,15H2,1-4H3,(H,29,31). The van der Waals surface area contributed by atoms with Crippen molar-refractivity contribution in [1.29, 1.82) is 0 Å². The Kier molecular flexibility index (Phi) is 6.09. The highest BCUT2D eigenvalue weighted by atomic mass is 16.2. The van der Waals surface area contributed by atoms with Crippen molar-refractivity contribution in [2.24, 2.45) is 0 Å². The average molecular weight is 442 g/mol. The van der Waals surface area contributed by atoms with Crippen LogP contribution < -0.4 is 10.2 Å². The SMILES string of the molecule is CC(C)c1cccc(C(C)C)c1N1C(=O)c2cccc(C(=O)NCc3cccnc3)c2C1=O. The Hall–Kier alpha value is -3.80. The van der Waals surface area contributed by atoms with Gasteiger partial charge in [0.15, 0.2) is 0 Å². The maximum Gasteiger partial charge on any atom is 0.266 e. The first kappa shape index (κ1) is 22.4. The van der Waals surface area contributed by atoms with Gasteiger partial charge in [0.1, 0.15) is 0 Å². The van der Waals surface area contributed by atoms with E-state index in [0.717, 1.165) is 16.7 Å². The van der Waals surface area contributed by atoms with Crippen LogP contribution >= 0.6 is 0 Å². The van der Waals surface area contributed by atoms with Gasteiger partial charge in [0.05, 0.1) is 22.4 Å². The first-order valence-corrected chi connectivity index (χ1v) is 11.1. The molecule has 0 saturated carbocycles. The number of carbonyl (C=O) groups excluding carboxylic acids is 3. The van der Waals surface area contributed by atoms with Gasteiger partial charge in [-0.15, -0.1) is 0 Å². The number of benzene rings is 2. The molecule has 4 rings (SSSR count). The Morgan fingerprint density at radius 1 is 0.909 bits per heavy atom. The van der Waals surface area contributed by atoms with E-state index in [1.165, 1.54) is 4.90 Å². The van der Waals surface area contributed by atoms with E-state index in [9.17, 15) is 14.4 Å². The number of nitrogens with zero attached hydrogens (tertiary/aromatic N) is 2. The number of imide groups is 1. The molecule has 0 unspecified atom stereocenters. The molecule has 6 heteroatoms.